The van der Waals surface area contributed by atoms with Gasteiger partial charge in [0.15, 0.2) is 0 Å². The van der Waals surface area contributed by atoms with Crippen LogP contribution in [0.15, 0.2) is 48.5 Å². The van der Waals surface area contributed by atoms with Gasteiger partial charge >= 0.3 is 0 Å². The Labute approximate surface area is 113 Å². The monoisotopic (exact) mass is 255 g/mol. The summed E-state index contributed by atoms with van der Waals surface area (Å²) in [5, 5.41) is 3.54. The van der Waals surface area contributed by atoms with Gasteiger partial charge in [0.1, 0.15) is 5.82 Å². The van der Waals surface area contributed by atoms with E-state index in [-0.39, 0.29) is 11.9 Å². The Morgan fingerprint density at radius 3 is 2.63 bits per heavy atom. The van der Waals surface area contributed by atoms with Crippen LogP contribution in [0.1, 0.15) is 35.6 Å². The summed E-state index contributed by atoms with van der Waals surface area (Å²) in [5.74, 6) is 0.447. The third-order valence-electron chi connectivity index (χ3n) is 4.00. The number of rotatable bonds is 4. The smallest absolute Gasteiger partial charge is 0.123 e. The van der Waals surface area contributed by atoms with Gasteiger partial charge < -0.3 is 5.32 Å². The minimum Gasteiger partial charge on any atom is -0.310 e. The molecule has 2 heteroatoms. The van der Waals surface area contributed by atoms with Gasteiger partial charge in [-0.2, -0.15) is 0 Å². The Hall–Kier alpha value is -1.67. The van der Waals surface area contributed by atoms with E-state index in [0.29, 0.717) is 5.92 Å². The zero-order valence-corrected chi connectivity index (χ0v) is 11.1. The van der Waals surface area contributed by atoms with Gasteiger partial charge in [-0.25, -0.2) is 4.39 Å². The van der Waals surface area contributed by atoms with Crippen molar-refractivity contribution in [3.05, 3.63) is 71.0 Å². The van der Waals surface area contributed by atoms with Gasteiger partial charge in [-0.05, 0) is 42.2 Å². The van der Waals surface area contributed by atoms with E-state index in [0.717, 1.165) is 12.1 Å². The molecular formula is C17H18FN. The molecule has 2 aromatic rings. The lowest BCUT2D eigenvalue weighted by atomic mass is 9.77. The van der Waals surface area contributed by atoms with Crippen LogP contribution in [0.2, 0.25) is 0 Å². The van der Waals surface area contributed by atoms with Gasteiger partial charge in [-0.1, -0.05) is 36.4 Å². The lowest BCUT2D eigenvalue weighted by Gasteiger charge is -2.31. The zero-order chi connectivity index (χ0) is 13.2. The highest BCUT2D eigenvalue weighted by Crippen LogP contribution is 2.34. The molecule has 98 valence electrons. The van der Waals surface area contributed by atoms with E-state index < -0.39 is 0 Å². The highest BCUT2D eigenvalue weighted by atomic mass is 19.1. The van der Waals surface area contributed by atoms with E-state index in [1.54, 1.807) is 0 Å². The molecule has 0 amide bonds. The Bertz CT molecular complexity index is 562. The first kappa shape index (κ1) is 12.4. The molecule has 0 spiro atoms. The maximum absolute atomic E-state index is 12.9. The molecule has 0 radical (unpaired) electrons. The summed E-state index contributed by atoms with van der Waals surface area (Å²) < 4.78 is 12.9. The number of hydrogen-bond donors (Lipinski definition) is 1. The number of benzene rings is 2. The molecule has 0 aliphatic heterocycles. The topological polar surface area (TPSA) is 12.0 Å². The van der Waals surface area contributed by atoms with Gasteiger partial charge in [0, 0.05) is 18.5 Å². The lowest BCUT2D eigenvalue weighted by Crippen LogP contribution is -2.30. The second-order valence-corrected chi connectivity index (χ2v) is 5.28. The molecular weight excluding hydrogens is 237 g/mol. The van der Waals surface area contributed by atoms with E-state index in [2.05, 4.69) is 36.5 Å². The van der Waals surface area contributed by atoms with E-state index in [1.165, 1.54) is 29.7 Å². The van der Waals surface area contributed by atoms with E-state index in [9.17, 15) is 4.39 Å². The predicted octanol–water partition coefficient (Wildman–Crippen LogP) is 3.82. The first-order chi connectivity index (χ1) is 9.24. The summed E-state index contributed by atoms with van der Waals surface area (Å²) >= 11 is 0. The number of nitrogens with one attached hydrogen (secondary N) is 1. The molecule has 19 heavy (non-hydrogen) atoms. The van der Waals surface area contributed by atoms with Crippen LogP contribution in [0, 0.1) is 5.82 Å². The molecule has 1 aliphatic rings. The largest absolute Gasteiger partial charge is 0.310 e. The SMILES string of the molecule is CC(NCC1Cc2ccccc21)c1ccc(F)cc1. The fraction of sp³-hybridized carbons (Fsp3) is 0.294. The summed E-state index contributed by atoms with van der Waals surface area (Å²) in [6, 6.07) is 15.6. The Morgan fingerprint density at radius 2 is 1.89 bits per heavy atom. The quantitative estimate of drug-likeness (QED) is 0.876. The first-order valence-electron chi connectivity index (χ1n) is 6.80. The minimum atomic E-state index is -0.177. The number of fused-ring (bicyclic) bond motifs is 1. The van der Waals surface area contributed by atoms with Crippen molar-refractivity contribution in [2.24, 2.45) is 0 Å². The second kappa shape index (κ2) is 5.14. The Kier molecular flexibility index (Phi) is 3.34. The molecule has 2 aromatic carbocycles. The predicted molar refractivity (Wildman–Crippen MR) is 75.7 cm³/mol. The summed E-state index contributed by atoms with van der Waals surface area (Å²) in [4.78, 5) is 0. The average Bonchev–Trinajstić information content (AvgIpc) is 2.40. The van der Waals surface area contributed by atoms with Crippen molar-refractivity contribution < 1.29 is 4.39 Å². The molecule has 0 bridgehead atoms. The minimum absolute atomic E-state index is 0.177. The van der Waals surface area contributed by atoms with E-state index in [1.807, 2.05) is 12.1 Å². The molecule has 0 aromatic heterocycles. The summed E-state index contributed by atoms with van der Waals surface area (Å²) in [6.45, 7) is 3.10. The molecule has 1 nitrogen and oxygen atoms in total. The van der Waals surface area contributed by atoms with Crippen molar-refractivity contribution in [1.29, 1.82) is 0 Å². The maximum atomic E-state index is 12.9. The molecule has 2 atom stereocenters. The van der Waals surface area contributed by atoms with Gasteiger partial charge in [-0.15, -0.1) is 0 Å². The molecule has 2 unspecified atom stereocenters. The fourth-order valence-corrected chi connectivity index (χ4v) is 2.73. The number of halogens is 1. The molecule has 1 N–H and O–H groups in total. The first-order valence-corrected chi connectivity index (χ1v) is 6.80. The summed E-state index contributed by atoms with van der Waals surface area (Å²) in [7, 11) is 0. The summed E-state index contributed by atoms with van der Waals surface area (Å²) in [6.07, 6.45) is 1.17. The van der Waals surface area contributed by atoms with Gasteiger partial charge in [0.25, 0.3) is 0 Å². The third kappa shape index (κ3) is 2.54. The van der Waals surface area contributed by atoms with Crippen LogP contribution >= 0.6 is 0 Å². The number of hydrogen-bond acceptors (Lipinski definition) is 1. The lowest BCUT2D eigenvalue weighted by molar-refractivity contribution is 0.488. The maximum Gasteiger partial charge on any atom is 0.123 e. The van der Waals surface area contributed by atoms with Crippen molar-refractivity contribution in [1.82, 2.24) is 5.32 Å². The molecule has 0 heterocycles. The van der Waals surface area contributed by atoms with Crippen LogP contribution in [0.5, 0.6) is 0 Å². The highest BCUT2D eigenvalue weighted by molar-refractivity contribution is 5.40. The van der Waals surface area contributed by atoms with E-state index >= 15 is 0 Å². The van der Waals surface area contributed by atoms with Gasteiger partial charge in [-0.3, -0.25) is 0 Å². The zero-order valence-electron chi connectivity index (χ0n) is 11.1. The molecule has 0 saturated carbocycles. The van der Waals surface area contributed by atoms with Crippen LogP contribution in [-0.4, -0.2) is 6.54 Å². The van der Waals surface area contributed by atoms with Crippen LogP contribution in [0.4, 0.5) is 4.39 Å². The van der Waals surface area contributed by atoms with Crippen LogP contribution < -0.4 is 5.32 Å². The second-order valence-electron chi connectivity index (χ2n) is 5.28. The highest BCUT2D eigenvalue weighted by Gasteiger charge is 2.25. The normalized spacial score (nSPS) is 18.5. The molecule has 1 aliphatic carbocycles. The van der Waals surface area contributed by atoms with Crippen LogP contribution in [0.25, 0.3) is 0 Å². The van der Waals surface area contributed by atoms with Crippen LogP contribution in [-0.2, 0) is 6.42 Å². The van der Waals surface area contributed by atoms with Crippen molar-refractivity contribution >= 4 is 0 Å². The molecule has 0 fully saturated rings. The molecule has 3 rings (SSSR count). The van der Waals surface area contributed by atoms with E-state index in [4.69, 9.17) is 0 Å². The Balaban J connectivity index is 1.57. The van der Waals surface area contributed by atoms with Crippen LogP contribution in [0.3, 0.4) is 0 Å². The summed E-state index contributed by atoms with van der Waals surface area (Å²) in [5.41, 5.74) is 4.08. The van der Waals surface area contributed by atoms with Gasteiger partial charge in [0.2, 0.25) is 0 Å². The third-order valence-corrected chi connectivity index (χ3v) is 4.00. The van der Waals surface area contributed by atoms with Crippen molar-refractivity contribution in [3.63, 3.8) is 0 Å². The molecule has 0 saturated heterocycles. The van der Waals surface area contributed by atoms with Crippen molar-refractivity contribution in [2.45, 2.75) is 25.3 Å². The average molecular weight is 255 g/mol. The fourth-order valence-electron chi connectivity index (χ4n) is 2.73. The van der Waals surface area contributed by atoms with Gasteiger partial charge in [0.05, 0.1) is 0 Å². The standard InChI is InChI=1S/C17H18FN/c1-12(13-6-8-16(18)9-7-13)19-11-15-10-14-4-2-3-5-17(14)15/h2-9,12,15,19H,10-11H2,1H3. The van der Waals surface area contributed by atoms with Crippen molar-refractivity contribution in [3.8, 4) is 0 Å². The Morgan fingerprint density at radius 1 is 1.16 bits per heavy atom. The van der Waals surface area contributed by atoms with Crippen molar-refractivity contribution in [2.75, 3.05) is 6.54 Å².